The maximum atomic E-state index is 12.0. The summed E-state index contributed by atoms with van der Waals surface area (Å²) in [7, 11) is 0. The number of nitrogens with two attached hydrogens (primary N) is 1. The Kier molecular flexibility index (Phi) is 9.27. The third-order valence-electron chi connectivity index (χ3n) is 3.05. The van der Waals surface area contributed by atoms with Gasteiger partial charge in [0.2, 0.25) is 11.8 Å². The topological polar surface area (TPSA) is 159 Å². The van der Waals surface area contributed by atoms with E-state index >= 15 is 0 Å². The minimum absolute atomic E-state index is 0.0618. The quantitative estimate of drug-likeness (QED) is 0.271. The summed E-state index contributed by atoms with van der Waals surface area (Å²) in [6.45, 7) is 3.27. The zero-order valence-electron chi connectivity index (χ0n) is 13.0. The zero-order valence-corrected chi connectivity index (χ0v) is 13.9. The molecule has 23 heavy (non-hydrogen) atoms. The minimum atomic E-state index is -1.18. The Labute approximate surface area is 139 Å². The van der Waals surface area contributed by atoms with E-state index in [4.69, 9.17) is 15.9 Å². The zero-order chi connectivity index (χ0) is 18.2. The van der Waals surface area contributed by atoms with Crippen LogP contribution in [0.25, 0.3) is 0 Å². The normalized spacial score (nSPS) is 14.7. The fraction of sp³-hybridized carbons (Fsp3) is 0.692. The lowest BCUT2D eigenvalue weighted by Crippen LogP contribution is -2.56. The summed E-state index contributed by atoms with van der Waals surface area (Å²) in [5.41, 5.74) is 5.54. The molecule has 0 spiro atoms. The molecule has 2 amide bonds. The molecule has 0 heterocycles. The molecule has 6 N–H and O–H groups in total. The SMILES string of the molecule is CC(C)[C@@H](NC(=O)[C@H](CS)NC(=O)[C@@H](N)CCC(=O)O)C(=O)O. The lowest BCUT2D eigenvalue weighted by molar-refractivity contribution is -0.143. The van der Waals surface area contributed by atoms with E-state index in [-0.39, 0.29) is 24.5 Å². The average Bonchev–Trinajstić information content (AvgIpc) is 2.46. The summed E-state index contributed by atoms with van der Waals surface area (Å²) < 4.78 is 0. The molecule has 0 aromatic rings. The molecule has 0 bridgehead atoms. The molecule has 9 nitrogen and oxygen atoms in total. The van der Waals surface area contributed by atoms with Gasteiger partial charge in [0, 0.05) is 12.2 Å². The van der Waals surface area contributed by atoms with Crippen LogP contribution in [0.15, 0.2) is 0 Å². The van der Waals surface area contributed by atoms with Crippen molar-refractivity contribution in [2.45, 2.75) is 44.8 Å². The number of rotatable bonds is 10. The van der Waals surface area contributed by atoms with Crippen LogP contribution in [0.5, 0.6) is 0 Å². The monoisotopic (exact) mass is 349 g/mol. The number of hydrogen-bond acceptors (Lipinski definition) is 6. The molecular formula is C13H23N3O6S. The molecule has 0 aliphatic heterocycles. The number of nitrogens with one attached hydrogen (secondary N) is 2. The van der Waals surface area contributed by atoms with E-state index in [9.17, 15) is 19.2 Å². The van der Waals surface area contributed by atoms with Gasteiger partial charge in [0.15, 0.2) is 0 Å². The van der Waals surface area contributed by atoms with E-state index in [1.165, 1.54) is 0 Å². The molecule has 132 valence electrons. The van der Waals surface area contributed by atoms with Gasteiger partial charge in [-0.1, -0.05) is 13.8 Å². The standard InChI is InChI=1S/C13H23N3O6S/c1-6(2)10(13(21)22)16-12(20)8(5-23)15-11(19)7(14)3-4-9(17)18/h6-8,10,23H,3-5,14H2,1-2H3,(H,15,19)(H,16,20)(H,17,18)(H,21,22)/t7-,8-,10+/m0/s1. The molecule has 0 aromatic carbocycles. The van der Waals surface area contributed by atoms with Crippen LogP contribution < -0.4 is 16.4 Å². The maximum absolute atomic E-state index is 12.0. The second-order valence-electron chi connectivity index (χ2n) is 5.35. The van der Waals surface area contributed by atoms with Crippen molar-refractivity contribution in [1.82, 2.24) is 10.6 Å². The van der Waals surface area contributed by atoms with E-state index in [1.807, 2.05) is 0 Å². The van der Waals surface area contributed by atoms with Crippen LogP contribution in [-0.2, 0) is 19.2 Å². The average molecular weight is 349 g/mol. The van der Waals surface area contributed by atoms with Gasteiger partial charge in [-0.3, -0.25) is 14.4 Å². The maximum Gasteiger partial charge on any atom is 0.326 e. The molecule has 0 saturated carbocycles. The van der Waals surface area contributed by atoms with E-state index in [0.29, 0.717) is 0 Å². The van der Waals surface area contributed by atoms with E-state index < -0.39 is 41.9 Å². The predicted octanol–water partition coefficient (Wildman–Crippen LogP) is -1.18. The first-order chi connectivity index (χ1) is 10.6. The lowest BCUT2D eigenvalue weighted by atomic mass is 10.0. The highest BCUT2D eigenvalue weighted by atomic mass is 32.1. The third-order valence-corrected chi connectivity index (χ3v) is 3.42. The molecule has 0 aromatic heterocycles. The largest absolute Gasteiger partial charge is 0.481 e. The third kappa shape index (κ3) is 7.84. The van der Waals surface area contributed by atoms with Gasteiger partial charge in [0.25, 0.3) is 0 Å². The van der Waals surface area contributed by atoms with E-state index in [1.54, 1.807) is 13.8 Å². The van der Waals surface area contributed by atoms with Crippen LogP contribution in [0.3, 0.4) is 0 Å². The van der Waals surface area contributed by atoms with Gasteiger partial charge in [-0.15, -0.1) is 0 Å². The van der Waals surface area contributed by atoms with Crippen molar-refractivity contribution in [2.24, 2.45) is 11.7 Å². The molecule has 0 radical (unpaired) electrons. The highest BCUT2D eigenvalue weighted by molar-refractivity contribution is 7.80. The number of carbonyl (C=O) groups is 4. The second kappa shape index (κ2) is 10.1. The smallest absolute Gasteiger partial charge is 0.326 e. The van der Waals surface area contributed by atoms with E-state index in [2.05, 4.69) is 23.3 Å². The molecule has 0 rings (SSSR count). The molecule has 10 heteroatoms. The van der Waals surface area contributed by atoms with Crippen molar-refractivity contribution >= 4 is 36.4 Å². The van der Waals surface area contributed by atoms with Gasteiger partial charge in [-0.05, 0) is 12.3 Å². The number of thiol groups is 1. The molecule has 0 aliphatic rings. The van der Waals surface area contributed by atoms with Crippen molar-refractivity contribution in [2.75, 3.05) is 5.75 Å². The first-order valence-electron chi connectivity index (χ1n) is 7.01. The first-order valence-corrected chi connectivity index (χ1v) is 7.65. The summed E-state index contributed by atoms with van der Waals surface area (Å²) in [5.74, 6) is -4.07. The molecule has 3 atom stereocenters. The van der Waals surface area contributed by atoms with Crippen molar-refractivity contribution < 1.29 is 29.4 Å². The lowest BCUT2D eigenvalue weighted by Gasteiger charge is -2.23. The summed E-state index contributed by atoms with van der Waals surface area (Å²) in [6, 6.07) is -3.24. The highest BCUT2D eigenvalue weighted by Crippen LogP contribution is 2.03. The van der Waals surface area contributed by atoms with Gasteiger partial charge in [-0.25, -0.2) is 4.79 Å². The number of aliphatic carboxylic acids is 2. The first kappa shape index (κ1) is 21.2. The van der Waals surface area contributed by atoms with Gasteiger partial charge in [-0.2, -0.15) is 12.6 Å². The van der Waals surface area contributed by atoms with Crippen molar-refractivity contribution in [3.05, 3.63) is 0 Å². The summed E-state index contributed by atoms with van der Waals surface area (Å²) in [4.78, 5) is 45.4. The Hall–Kier alpha value is -1.81. The minimum Gasteiger partial charge on any atom is -0.481 e. The number of hydrogen-bond donors (Lipinski definition) is 6. The Bertz CT molecular complexity index is 457. The number of carbonyl (C=O) groups excluding carboxylic acids is 2. The summed E-state index contributed by atoms with van der Waals surface area (Å²) >= 11 is 3.95. The van der Waals surface area contributed by atoms with Crippen molar-refractivity contribution in [3.8, 4) is 0 Å². The van der Waals surface area contributed by atoms with E-state index in [0.717, 1.165) is 0 Å². The van der Waals surface area contributed by atoms with Crippen LogP contribution in [0.1, 0.15) is 26.7 Å². The fourth-order valence-corrected chi connectivity index (χ4v) is 1.91. The van der Waals surface area contributed by atoms with Crippen LogP contribution in [0.4, 0.5) is 0 Å². The Morgan fingerprint density at radius 2 is 1.65 bits per heavy atom. The molecule has 0 aliphatic carbocycles. The van der Waals surface area contributed by atoms with Crippen LogP contribution in [-0.4, -0.2) is 57.8 Å². The van der Waals surface area contributed by atoms with Crippen molar-refractivity contribution in [3.63, 3.8) is 0 Å². The Morgan fingerprint density at radius 1 is 1.09 bits per heavy atom. The summed E-state index contributed by atoms with van der Waals surface area (Å²) in [6.07, 6.45) is -0.355. The van der Waals surface area contributed by atoms with Crippen LogP contribution in [0, 0.1) is 5.92 Å². The molecule has 0 fully saturated rings. The number of carboxylic acids is 2. The second-order valence-corrected chi connectivity index (χ2v) is 5.72. The summed E-state index contributed by atoms with van der Waals surface area (Å²) in [5, 5.41) is 22.2. The van der Waals surface area contributed by atoms with Gasteiger partial charge in [0.1, 0.15) is 12.1 Å². The number of amides is 2. The van der Waals surface area contributed by atoms with Crippen LogP contribution >= 0.6 is 12.6 Å². The fourth-order valence-electron chi connectivity index (χ4n) is 1.65. The van der Waals surface area contributed by atoms with Gasteiger partial charge in [0.05, 0.1) is 6.04 Å². The Balaban J connectivity index is 4.69. The Morgan fingerprint density at radius 3 is 2.04 bits per heavy atom. The van der Waals surface area contributed by atoms with Gasteiger partial charge >= 0.3 is 11.9 Å². The number of carboxylic acid groups (broad SMARTS) is 2. The highest BCUT2D eigenvalue weighted by Gasteiger charge is 2.28. The van der Waals surface area contributed by atoms with Crippen molar-refractivity contribution in [1.29, 1.82) is 0 Å². The molecule has 0 saturated heterocycles. The predicted molar refractivity (Wildman–Crippen MR) is 85.0 cm³/mol. The molecular weight excluding hydrogens is 326 g/mol. The van der Waals surface area contributed by atoms with Gasteiger partial charge < -0.3 is 26.6 Å². The van der Waals surface area contributed by atoms with Crippen LogP contribution in [0.2, 0.25) is 0 Å². The molecule has 0 unspecified atom stereocenters.